The van der Waals surface area contributed by atoms with Gasteiger partial charge in [-0.15, -0.1) is 0 Å². The number of aryl methyl sites for hydroxylation is 1. The number of benzene rings is 2. The van der Waals surface area contributed by atoms with Gasteiger partial charge in [0.25, 0.3) is 0 Å². The van der Waals surface area contributed by atoms with Crippen LogP contribution < -0.4 is 5.32 Å². The summed E-state index contributed by atoms with van der Waals surface area (Å²) in [5.74, 6) is -2.36. The lowest BCUT2D eigenvalue weighted by Crippen LogP contribution is -2.36. The Hall–Kier alpha value is -2.34. The van der Waals surface area contributed by atoms with E-state index in [-0.39, 0.29) is 32.0 Å². The van der Waals surface area contributed by atoms with Crippen LogP contribution in [0.2, 0.25) is 5.02 Å². The molecule has 0 aliphatic carbocycles. The Kier molecular flexibility index (Phi) is 8.70. The zero-order chi connectivity index (χ0) is 21.3. The van der Waals surface area contributed by atoms with Gasteiger partial charge in [0.2, 0.25) is 7.37 Å². The number of carboxylic acid groups (broad SMARTS) is 1. The Labute approximate surface area is 174 Å². The normalized spacial score (nSPS) is 13.9. The number of carbonyl (C=O) groups excluding carboxylic acids is 1. The van der Waals surface area contributed by atoms with Crippen molar-refractivity contribution in [2.45, 2.75) is 31.7 Å². The van der Waals surface area contributed by atoms with Crippen molar-refractivity contribution in [2.24, 2.45) is 0 Å². The topological polar surface area (TPSA) is 113 Å². The Morgan fingerprint density at radius 2 is 1.76 bits per heavy atom. The van der Waals surface area contributed by atoms with Gasteiger partial charge in [0, 0.05) is 17.6 Å². The predicted octanol–water partition coefficient (Wildman–Crippen LogP) is 4.27. The molecule has 0 saturated heterocycles. The van der Waals surface area contributed by atoms with Gasteiger partial charge in [0.05, 0.1) is 0 Å². The minimum Gasteiger partial charge on any atom is -0.481 e. The van der Waals surface area contributed by atoms with E-state index < -0.39 is 25.2 Å². The number of nitrogens with one attached hydrogen (secondary N) is 1. The third-order valence-electron chi connectivity index (χ3n) is 4.28. The molecule has 0 aromatic heterocycles. The Balaban J connectivity index is 2.00. The number of halogens is 1. The van der Waals surface area contributed by atoms with E-state index in [9.17, 15) is 19.0 Å². The molecule has 0 saturated carbocycles. The lowest BCUT2D eigenvalue weighted by atomic mass is 10.2. The van der Waals surface area contributed by atoms with Gasteiger partial charge >= 0.3 is 12.1 Å². The second-order valence-electron chi connectivity index (χ2n) is 6.47. The molecule has 2 aromatic carbocycles. The summed E-state index contributed by atoms with van der Waals surface area (Å²) in [6.07, 6.45) is -1.36. The van der Waals surface area contributed by atoms with Crippen molar-refractivity contribution in [2.75, 3.05) is 6.16 Å². The average Bonchev–Trinajstić information content (AvgIpc) is 2.69. The summed E-state index contributed by atoms with van der Waals surface area (Å²) in [5.41, 5.74) is 1.46. The summed E-state index contributed by atoms with van der Waals surface area (Å²) in [6.45, 7) is -0.00627. The third kappa shape index (κ3) is 7.89. The number of hydrogen-bond acceptors (Lipinski definition) is 4. The Bertz CT molecular complexity index is 876. The zero-order valence-corrected chi connectivity index (χ0v) is 17.3. The standard InChI is InChI=1S/C20H23ClNO6P/c21-17-9-5-4-8-16(17)12-13-29(26,27)18(10-11-19(23)24)22-20(25)28-14-15-6-2-1-3-7-15/h1-9,18H,10-14H2,(H,22,25)(H,23,24)(H,26,27). The SMILES string of the molecule is O=C(O)CCC(NC(=O)OCc1ccccc1)P(=O)(O)CCc1ccccc1Cl. The first-order valence-corrected chi connectivity index (χ1v) is 11.3. The number of aliphatic carboxylic acids is 1. The fourth-order valence-electron chi connectivity index (χ4n) is 2.67. The van der Waals surface area contributed by atoms with Crippen molar-refractivity contribution in [3.63, 3.8) is 0 Å². The first kappa shape index (κ1) is 22.9. The number of amides is 1. The highest BCUT2D eigenvalue weighted by molar-refractivity contribution is 7.58. The molecule has 0 bridgehead atoms. The average molecular weight is 440 g/mol. The summed E-state index contributed by atoms with van der Waals surface area (Å²) in [7, 11) is -3.93. The van der Waals surface area contributed by atoms with Crippen molar-refractivity contribution < 1.29 is 28.9 Å². The quantitative estimate of drug-likeness (QED) is 0.476. The van der Waals surface area contributed by atoms with Crippen LogP contribution in [0.4, 0.5) is 4.79 Å². The van der Waals surface area contributed by atoms with Gasteiger partial charge in [-0.1, -0.05) is 60.1 Å². The summed E-state index contributed by atoms with van der Waals surface area (Å²) in [4.78, 5) is 33.6. The van der Waals surface area contributed by atoms with E-state index in [1.54, 1.807) is 48.5 Å². The van der Waals surface area contributed by atoms with Gasteiger partial charge in [-0.05, 0) is 30.0 Å². The van der Waals surface area contributed by atoms with Crippen molar-refractivity contribution in [1.82, 2.24) is 5.32 Å². The molecule has 0 spiro atoms. The maximum Gasteiger partial charge on any atom is 0.408 e. The van der Waals surface area contributed by atoms with E-state index in [1.807, 2.05) is 6.07 Å². The molecule has 0 radical (unpaired) electrons. The summed E-state index contributed by atoms with van der Waals surface area (Å²) >= 11 is 6.08. The first-order chi connectivity index (χ1) is 13.8. The molecule has 0 aliphatic heterocycles. The molecule has 2 aromatic rings. The van der Waals surface area contributed by atoms with Gasteiger partial charge in [0.1, 0.15) is 12.4 Å². The van der Waals surface area contributed by atoms with E-state index in [4.69, 9.17) is 21.4 Å². The molecular weight excluding hydrogens is 417 g/mol. The van der Waals surface area contributed by atoms with E-state index in [0.29, 0.717) is 10.6 Å². The third-order valence-corrected chi connectivity index (χ3v) is 6.87. The van der Waals surface area contributed by atoms with E-state index >= 15 is 0 Å². The smallest absolute Gasteiger partial charge is 0.408 e. The molecule has 156 valence electrons. The lowest BCUT2D eigenvalue weighted by molar-refractivity contribution is -0.137. The summed E-state index contributed by atoms with van der Waals surface area (Å²) in [5, 5.41) is 11.8. The van der Waals surface area contributed by atoms with Gasteiger partial charge < -0.3 is 20.1 Å². The molecule has 9 heteroatoms. The molecule has 2 unspecified atom stereocenters. The maximum atomic E-state index is 12.9. The number of hydrogen-bond donors (Lipinski definition) is 3. The van der Waals surface area contributed by atoms with Crippen LogP contribution in [0.1, 0.15) is 24.0 Å². The van der Waals surface area contributed by atoms with Crippen LogP contribution in [0.25, 0.3) is 0 Å². The molecule has 1 amide bonds. The number of rotatable bonds is 10. The number of carboxylic acids is 1. The van der Waals surface area contributed by atoms with Crippen LogP contribution in [0.3, 0.4) is 0 Å². The molecule has 29 heavy (non-hydrogen) atoms. The number of alkyl carbamates (subject to hydrolysis) is 1. The summed E-state index contributed by atoms with van der Waals surface area (Å²) < 4.78 is 18.0. The number of ether oxygens (including phenoxy) is 1. The maximum absolute atomic E-state index is 12.9. The monoisotopic (exact) mass is 439 g/mol. The summed E-state index contributed by atoms with van der Waals surface area (Å²) in [6, 6.07) is 15.9. The van der Waals surface area contributed by atoms with E-state index in [2.05, 4.69) is 5.32 Å². The van der Waals surface area contributed by atoms with Crippen LogP contribution in [0.5, 0.6) is 0 Å². The van der Waals surface area contributed by atoms with Gasteiger partial charge in [-0.3, -0.25) is 9.36 Å². The highest BCUT2D eigenvalue weighted by Crippen LogP contribution is 2.47. The van der Waals surface area contributed by atoms with Gasteiger partial charge in [0.15, 0.2) is 0 Å². The van der Waals surface area contributed by atoms with Crippen LogP contribution in [0, 0.1) is 0 Å². The number of carbonyl (C=O) groups is 2. The Morgan fingerprint density at radius 3 is 2.41 bits per heavy atom. The molecule has 0 aliphatic rings. The molecule has 0 heterocycles. The van der Waals surface area contributed by atoms with Crippen molar-refractivity contribution in [1.29, 1.82) is 0 Å². The molecule has 0 fully saturated rings. The highest BCUT2D eigenvalue weighted by Gasteiger charge is 2.33. The van der Waals surface area contributed by atoms with Crippen molar-refractivity contribution in [3.05, 3.63) is 70.7 Å². The van der Waals surface area contributed by atoms with Crippen LogP contribution in [-0.2, 0) is 27.1 Å². The Morgan fingerprint density at radius 1 is 1.10 bits per heavy atom. The molecular formula is C20H23ClNO6P. The van der Waals surface area contributed by atoms with Crippen molar-refractivity contribution in [3.8, 4) is 0 Å². The molecule has 3 N–H and O–H groups in total. The zero-order valence-electron chi connectivity index (χ0n) is 15.7. The van der Waals surface area contributed by atoms with Crippen LogP contribution in [0.15, 0.2) is 54.6 Å². The van der Waals surface area contributed by atoms with Gasteiger partial charge in [-0.25, -0.2) is 4.79 Å². The lowest BCUT2D eigenvalue weighted by Gasteiger charge is -2.24. The fourth-order valence-corrected chi connectivity index (χ4v) is 4.62. The molecule has 2 rings (SSSR count). The van der Waals surface area contributed by atoms with Gasteiger partial charge in [-0.2, -0.15) is 0 Å². The predicted molar refractivity (Wildman–Crippen MR) is 110 cm³/mol. The van der Waals surface area contributed by atoms with E-state index in [0.717, 1.165) is 5.56 Å². The highest BCUT2D eigenvalue weighted by atomic mass is 35.5. The second kappa shape index (κ2) is 11.0. The van der Waals surface area contributed by atoms with Crippen LogP contribution in [-0.4, -0.2) is 34.0 Å². The second-order valence-corrected chi connectivity index (χ2v) is 9.46. The molecule has 7 nitrogen and oxygen atoms in total. The molecule has 2 atom stereocenters. The first-order valence-electron chi connectivity index (χ1n) is 9.02. The minimum atomic E-state index is -3.93. The minimum absolute atomic E-state index is 0.00627. The van der Waals surface area contributed by atoms with Crippen LogP contribution >= 0.6 is 19.0 Å². The van der Waals surface area contributed by atoms with E-state index in [1.165, 1.54) is 0 Å². The van der Waals surface area contributed by atoms with Crippen molar-refractivity contribution >= 4 is 31.0 Å². The fraction of sp³-hybridized carbons (Fsp3) is 0.300. The largest absolute Gasteiger partial charge is 0.481 e.